The molecule has 14 heavy (non-hydrogen) atoms. The molecule has 0 spiro atoms. The van der Waals surface area contributed by atoms with E-state index < -0.39 is 0 Å². The Kier molecular flexibility index (Phi) is 2.23. The van der Waals surface area contributed by atoms with Crippen LogP contribution in [0.1, 0.15) is 37.9 Å². The standard InChI is InChI=1S/C11H15N3/c1-4-9-7-12-11-10(8(2)3)5-6-13-14(9)11/h5-8H,4H2,1-3H3. The summed E-state index contributed by atoms with van der Waals surface area (Å²) >= 11 is 0. The predicted molar refractivity (Wildman–Crippen MR) is 56.5 cm³/mol. The first kappa shape index (κ1) is 9.19. The van der Waals surface area contributed by atoms with Crippen molar-refractivity contribution in [3.63, 3.8) is 0 Å². The molecule has 2 heterocycles. The molecule has 0 saturated heterocycles. The lowest BCUT2D eigenvalue weighted by Gasteiger charge is -2.06. The fourth-order valence-corrected chi connectivity index (χ4v) is 1.65. The van der Waals surface area contributed by atoms with Gasteiger partial charge >= 0.3 is 0 Å². The molecule has 0 aliphatic rings. The Morgan fingerprint density at radius 1 is 1.43 bits per heavy atom. The summed E-state index contributed by atoms with van der Waals surface area (Å²) in [5.41, 5.74) is 3.43. The van der Waals surface area contributed by atoms with Crippen LogP contribution in [0.15, 0.2) is 18.5 Å². The molecular weight excluding hydrogens is 174 g/mol. The van der Waals surface area contributed by atoms with Gasteiger partial charge < -0.3 is 0 Å². The first-order valence-corrected chi connectivity index (χ1v) is 5.05. The lowest BCUT2D eigenvalue weighted by atomic mass is 10.1. The Bertz CT molecular complexity index is 443. The minimum absolute atomic E-state index is 0.493. The smallest absolute Gasteiger partial charge is 0.157 e. The molecule has 2 rings (SSSR count). The first-order valence-electron chi connectivity index (χ1n) is 5.05. The molecule has 74 valence electrons. The van der Waals surface area contributed by atoms with Crippen LogP contribution in [0.4, 0.5) is 0 Å². The number of rotatable bonds is 2. The Morgan fingerprint density at radius 3 is 2.86 bits per heavy atom. The zero-order chi connectivity index (χ0) is 10.1. The molecule has 0 N–H and O–H groups in total. The first-order chi connectivity index (χ1) is 6.74. The number of hydrogen-bond donors (Lipinski definition) is 0. The van der Waals surface area contributed by atoms with Crippen LogP contribution in [-0.4, -0.2) is 14.6 Å². The average Bonchev–Trinajstić information content (AvgIpc) is 2.59. The fourth-order valence-electron chi connectivity index (χ4n) is 1.65. The summed E-state index contributed by atoms with van der Waals surface area (Å²) in [6, 6.07) is 2.05. The molecule has 3 nitrogen and oxygen atoms in total. The van der Waals surface area contributed by atoms with Gasteiger partial charge in [-0.15, -0.1) is 0 Å². The molecule has 0 bridgehead atoms. The van der Waals surface area contributed by atoms with Crippen molar-refractivity contribution in [2.45, 2.75) is 33.1 Å². The highest BCUT2D eigenvalue weighted by Gasteiger charge is 2.09. The van der Waals surface area contributed by atoms with Crippen molar-refractivity contribution in [2.75, 3.05) is 0 Å². The third-order valence-corrected chi connectivity index (χ3v) is 2.49. The maximum atomic E-state index is 4.41. The van der Waals surface area contributed by atoms with E-state index in [0.29, 0.717) is 5.92 Å². The zero-order valence-electron chi connectivity index (χ0n) is 8.86. The monoisotopic (exact) mass is 189 g/mol. The van der Waals surface area contributed by atoms with E-state index in [1.54, 1.807) is 0 Å². The normalized spacial score (nSPS) is 11.4. The molecule has 0 atom stereocenters. The Morgan fingerprint density at radius 2 is 2.21 bits per heavy atom. The van der Waals surface area contributed by atoms with E-state index in [1.165, 1.54) is 11.3 Å². The summed E-state index contributed by atoms with van der Waals surface area (Å²) in [6.07, 6.45) is 4.73. The molecule has 0 radical (unpaired) electrons. The summed E-state index contributed by atoms with van der Waals surface area (Å²) in [5.74, 6) is 0.493. The van der Waals surface area contributed by atoms with Gasteiger partial charge in [0, 0.05) is 11.8 Å². The lowest BCUT2D eigenvalue weighted by Crippen LogP contribution is -2.00. The van der Waals surface area contributed by atoms with Crippen molar-refractivity contribution in [3.8, 4) is 0 Å². The van der Waals surface area contributed by atoms with Gasteiger partial charge in [-0.3, -0.25) is 0 Å². The fraction of sp³-hybridized carbons (Fsp3) is 0.455. The van der Waals surface area contributed by atoms with Gasteiger partial charge in [-0.2, -0.15) is 5.10 Å². The second kappa shape index (κ2) is 3.40. The van der Waals surface area contributed by atoms with Gasteiger partial charge in [0.05, 0.1) is 11.9 Å². The van der Waals surface area contributed by atoms with E-state index >= 15 is 0 Å². The minimum Gasteiger partial charge on any atom is -0.235 e. The molecule has 0 fully saturated rings. The van der Waals surface area contributed by atoms with Gasteiger partial charge in [0.15, 0.2) is 5.65 Å². The number of fused-ring (bicyclic) bond motifs is 1. The lowest BCUT2D eigenvalue weighted by molar-refractivity contribution is 0.812. The quantitative estimate of drug-likeness (QED) is 0.726. The summed E-state index contributed by atoms with van der Waals surface area (Å²) in [7, 11) is 0. The van der Waals surface area contributed by atoms with Crippen LogP contribution in [0.25, 0.3) is 5.65 Å². The van der Waals surface area contributed by atoms with Crippen molar-refractivity contribution < 1.29 is 0 Å². The number of imidazole rings is 1. The van der Waals surface area contributed by atoms with Gasteiger partial charge in [-0.1, -0.05) is 20.8 Å². The highest BCUT2D eigenvalue weighted by molar-refractivity contribution is 5.49. The largest absolute Gasteiger partial charge is 0.235 e. The van der Waals surface area contributed by atoms with Crippen molar-refractivity contribution >= 4 is 5.65 Å². The Labute approximate surface area is 83.8 Å². The maximum Gasteiger partial charge on any atom is 0.157 e. The molecule has 0 unspecified atom stereocenters. The van der Waals surface area contributed by atoms with Crippen molar-refractivity contribution in [3.05, 3.63) is 29.7 Å². The number of aryl methyl sites for hydroxylation is 1. The van der Waals surface area contributed by atoms with Gasteiger partial charge in [0.25, 0.3) is 0 Å². The molecule has 0 aromatic carbocycles. The van der Waals surface area contributed by atoms with Crippen LogP contribution in [0.3, 0.4) is 0 Å². The summed E-state index contributed by atoms with van der Waals surface area (Å²) in [4.78, 5) is 4.41. The van der Waals surface area contributed by atoms with Crippen LogP contribution in [0, 0.1) is 0 Å². The summed E-state index contributed by atoms with van der Waals surface area (Å²) in [6.45, 7) is 6.47. The van der Waals surface area contributed by atoms with Crippen molar-refractivity contribution in [2.24, 2.45) is 0 Å². The number of nitrogens with zero attached hydrogens (tertiary/aromatic N) is 3. The van der Waals surface area contributed by atoms with E-state index in [-0.39, 0.29) is 0 Å². The van der Waals surface area contributed by atoms with E-state index in [4.69, 9.17) is 0 Å². The molecular formula is C11H15N3. The van der Waals surface area contributed by atoms with Gasteiger partial charge in [-0.05, 0) is 18.4 Å². The molecule has 0 aliphatic heterocycles. The van der Waals surface area contributed by atoms with Gasteiger partial charge in [0.2, 0.25) is 0 Å². The zero-order valence-corrected chi connectivity index (χ0v) is 8.86. The van der Waals surface area contributed by atoms with E-state index in [1.807, 2.05) is 23.0 Å². The van der Waals surface area contributed by atoms with E-state index in [9.17, 15) is 0 Å². The summed E-state index contributed by atoms with van der Waals surface area (Å²) < 4.78 is 1.94. The van der Waals surface area contributed by atoms with E-state index in [2.05, 4.69) is 30.9 Å². The molecule has 3 heteroatoms. The third kappa shape index (κ3) is 1.29. The molecule has 2 aromatic heterocycles. The molecule has 0 saturated carbocycles. The highest BCUT2D eigenvalue weighted by atomic mass is 15.3. The Balaban J connectivity index is 2.70. The molecule has 2 aromatic rings. The van der Waals surface area contributed by atoms with Crippen LogP contribution >= 0.6 is 0 Å². The molecule has 0 aliphatic carbocycles. The number of hydrogen-bond acceptors (Lipinski definition) is 2. The highest BCUT2D eigenvalue weighted by Crippen LogP contribution is 2.19. The van der Waals surface area contributed by atoms with Crippen LogP contribution in [0.2, 0.25) is 0 Å². The minimum atomic E-state index is 0.493. The van der Waals surface area contributed by atoms with Crippen LogP contribution in [0.5, 0.6) is 0 Å². The summed E-state index contributed by atoms with van der Waals surface area (Å²) in [5, 5.41) is 4.31. The van der Waals surface area contributed by atoms with Crippen LogP contribution < -0.4 is 0 Å². The van der Waals surface area contributed by atoms with Gasteiger partial charge in [0.1, 0.15) is 0 Å². The average molecular weight is 189 g/mol. The van der Waals surface area contributed by atoms with Crippen molar-refractivity contribution in [1.82, 2.24) is 14.6 Å². The SMILES string of the molecule is CCc1cnc2c(C(C)C)ccnn12. The third-order valence-electron chi connectivity index (χ3n) is 2.49. The number of aromatic nitrogens is 3. The second-order valence-corrected chi connectivity index (χ2v) is 3.78. The predicted octanol–water partition coefficient (Wildman–Crippen LogP) is 2.42. The second-order valence-electron chi connectivity index (χ2n) is 3.78. The topological polar surface area (TPSA) is 30.2 Å². The maximum absolute atomic E-state index is 4.41. The van der Waals surface area contributed by atoms with E-state index in [0.717, 1.165) is 12.1 Å². The van der Waals surface area contributed by atoms with Crippen LogP contribution in [-0.2, 0) is 6.42 Å². The van der Waals surface area contributed by atoms with Gasteiger partial charge in [-0.25, -0.2) is 9.50 Å². The molecule has 0 amide bonds. The van der Waals surface area contributed by atoms with Crippen molar-refractivity contribution in [1.29, 1.82) is 0 Å². The Hall–Kier alpha value is -1.38.